The van der Waals surface area contributed by atoms with Crippen LogP contribution in [-0.4, -0.2) is 98.8 Å². The van der Waals surface area contributed by atoms with E-state index in [0.717, 1.165) is 14.8 Å². The molecule has 0 unspecified atom stereocenters. The molecule has 3 aromatic rings. The number of hydrogen-bond acceptors (Lipinski definition) is 10. The second kappa shape index (κ2) is 15.8. The third-order valence-electron chi connectivity index (χ3n) is 9.84. The molecule has 2 saturated heterocycles. The largest absolute Gasteiger partial charge is 0.530 e. The summed E-state index contributed by atoms with van der Waals surface area (Å²) < 4.78 is 65.7. The number of nitrogens with one attached hydrogen (secondary N) is 1. The number of ether oxygens (including phenoxy) is 4. The van der Waals surface area contributed by atoms with Crippen LogP contribution >= 0.6 is 0 Å². The van der Waals surface area contributed by atoms with Crippen molar-refractivity contribution in [1.29, 1.82) is 0 Å². The summed E-state index contributed by atoms with van der Waals surface area (Å²) in [6.45, 7) is 3.63. The topological polar surface area (TPSA) is 167 Å². The highest BCUT2D eigenvalue weighted by atomic mass is 32.2. The van der Waals surface area contributed by atoms with Gasteiger partial charge in [-0.05, 0) is 66.6 Å². The summed E-state index contributed by atoms with van der Waals surface area (Å²) in [6.07, 6.45) is -2.65. The number of carbonyl (C=O) groups excluding carboxylic acids is 2. The van der Waals surface area contributed by atoms with E-state index in [0.29, 0.717) is 25.2 Å². The lowest BCUT2D eigenvalue weighted by Crippen LogP contribution is -2.61. The van der Waals surface area contributed by atoms with Crippen molar-refractivity contribution in [1.82, 2.24) is 14.5 Å². The zero-order valence-corrected chi connectivity index (χ0v) is 29.8. The minimum Gasteiger partial charge on any atom is -0.530 e. The molecule has 0 bridgehead atoms. The van der Waals surface area contributed by atoms with Crippen molar-refractivity contribution < 1.29 is 51.6 Å². The third kappa shape index (κ3) is 8.50. The standard InChI is InChI=1S/C37H44FN3O10S/c1-37(2,15-16-39-34(43)25-8-10-26(38)11-9-25)22-40(52(46,47)27-12-13-32-33(19-27)51-23-50-32)20-31(42)29(18-24-6-4-3-5-7-24)41(36(44)45)30-21-49-35-28(30)14-17-48-35/h3-13,19,28-31,35,42H,14-18,20-23H2,1-2H3,(H,39,43)(H,44,45)/p-1/t28-,29-,30-,31+,35+/m0/s1. The van der Waals surface area contributed by atoms with Crippen LogP contribution in [0.2, 0.25) is 0 Å². The Morgan fingerprint density at radius 2 is 1.77 bits per heavy atom. The van der Waals surface area contributed by atoms with Crippen molar-refractivity contribution >= 4 is 22.0 Å². The Balaban J connectivity index is 1.28. The molecule has 5 atom stereocenters. The van der Waals surface area contributed by atoms with Gasteiger partial charge in [0, 0.05) is 37.2 Å². The first kappa shape index (κ1) is 37.5. The second-order valence-electron chi connectivity index (χ2n) is 14.1. The quantitative estimate of drug-likeness (QED) is 0.237. The van der Waals surface area contributed by atoms with Gasteiger partial charge in [0.05, 0.1) is 36.3 Å². The first-order chi connectivity index (χ1) is 24.8. The smallest absolute Gasteiger partial charge is 0.251 e. The maximum absolute atomic E-state index is 14.5. The number of nitrogens with zero attached hydrogens (tertiary/aromatic N) is 2. The molecule has 0 aromatic heterocycles. The molecule has 0 radical (unpaired) electrons. The molecule has 3 aromatic carbocycles. The highest BCUT2D eigenvalue weighted by molar-refractivity contribution is 7.89. The van der Waals surface area contributed by atoms with E-state index >= 15 is 0 Å². The molecule has 15 heteroatoms. The molecule has 0 spiro atoms. The number of carbonyl (C=O) groups is 2. The normalized spacial score (nSPS) is 20.8. The zero-order chi connectivity index (χ0) is 37.0. The lowest BCUT2D eigenvalue weighted by atomic mass is 9.89. The maximum Gasteiger partial charge on any atom is 0.251 e. The molecule has 2 fully saturated rings. The Bertz CT molecular complexity index is 1830. The number of halogens is 1. The van der Waals surface area contributed by atoms with Gasteiger partial charge in [-0.3, -0.25) is 4.79 Å². The van der Waals surface area contributed by atoms with Crippen LogP contribution in [-0.2, 0) is 25.9 Å². The van der Waals surface area contributed by atoms with Crippen LogP contribution in [0.25, 0.3) is 0 Å². The molecule has 3 heterocycles. The molecule has 0 saturated carbocycles. The van der Waals surface area contributed by atoms with Crippen molar-refractivity contribution in [3.63, 3.8) is 0 Å². The summed E-state index contributed by atoms with van der Waals surface area (Å²) in [4.78, 5) is 26.6. The van der Waals surface area contributed by atoms with E-state index in [4.69, 9.17) is 18.9 Å². The molecular formula is C37H43FN3O10S-. The fourth-order valence-electron chi connectivity index (χ4n) is 7.06. The minimum atomic E-state index is -4.34. The highest BCUT2D eigenvalue weighted by Crippen LogP contribution is 2.38. The molecule has 3 aliphatic heterocycles. The Hall–Kier alpha value is -4.28. The van der Waals surface area contributed by atoms with Gasteiger partial charge >= 0.3 is 0 Å². The van der Waals surface area contributed by atoms with Gasteiger partial charge in [-0.15, -0.1) is 0 Å². The minimum absolute atomic E-state index is 0.0389. The van der Waals surface area contributed by atoms with Crippen molar-refractivity contribution in [2.75, 3.05) is 39.6 Å². The van der Waals surface area contributed by atoms with Crippen molar-refractivity contribution in [2.45, 2.75) is 62.5 Å². The second-order valence-corrected chi connectivity index (χ2v) is 16.0. The SMILES string of the molecule is CC(C)(CCNC(=O)c1ccc(F)cc1)CN(C[C@@H](O)[C@H](Cc1ccccc1)N(C(=O)[O-])[C@H]1CO[C@H]2OCC[C@H]21)S(=O)(=O)c1ccc2c(c1)OCO2. The lowest BCUT2D eigenvalue weighted by Gasteiger charge is -2.43. The Morgan fingerprint density at radius 3 is 2.50 bits per heavy atom. The van der Waals surface area contributed by atoms with E-state index in [1.54, 1.807) is 12.1 Å². The molecule has 2 amide bonds. The number of aliphatic hydroxyl groups is 1. The monoisotopic (exact) mass is 740 g/mol. The van der Waals surface area contributed by atoms with Gasteiger partial charge in [-0.2, -0.15) is 4.31 Å². The summed E-state index contributed by atoms with van der Waals surface area (Å²) in [7, 11) is -4.34. The first-order valence-electron chi connectivity index (χ1n) is 17.2. The van der Waals surface area contributed by atoms with E-state index in [2.05, 4.69) is 5.32 Å². The van der Waals surface area contributed by atoms with Crippen molar-refractivity contribution in [3.8, 4) is 11.5 Å². The molecule has 52 heavy (non-hydrogen) atoms. The summed E-state index contributed by atoms with van der Waals surface area (Å²) in [6, 6.07) is 16.6. The molecule has 3 aliphatic rings. The van der Waals surface area contributed by atoms with Gasteiger partial charge in [0.15, 0.2) is 17.8 Å². The summed E-state index contributed by atoms with van der Waals surface area (Å²) >= 11 is 0. The number of rotatable bonds is 15. The number of hydrogen-bond donors (Lipinski definition) is 2. The van der Waals surface area contributed by atoms with Crippen LogP contribution in [0.15, 0.2) is 77.7 Å². The van der Waals surface area contributed by atoms with Crippen LogP contribution in [0.5, 0.6) is 11.5 Å². The molecule has 0 aliphatic carbocycles. The fraction of sp³-hybridized carbons (Fsp3) is 0.459. The van der Waals surface area contributed by atoms with Crippen molar-refractivity contribution in [3.05, 3.63) is 89.7 Å². The van der Waals surface area contributed by atoms with Gasteiger partial charge < -0.3 is 44.2 Å². The first-order valence-corrected chi connectivity index (χ1v) is 18.6. The molecule has 2 N–H and O–H groups in total. The summed E-state index contributed by atoms with van der Waals surface area (Å²) in [5, 5.41) is 27.8. The number of carboxylic acid groups (broad SMARTS) is 1. The maximum atomic E-state index is 14.5. The van der Waals surface area contributed by atoms with Gasteiger partial charge in [-0.1, -0.05) is 44.2 Å². The average Bonchev–Trinajstić information content (AvgIpc) is 3.87. The van der Waals surface area contributed by atoms with Crippen LogP contribution in [0.1, 0.15) is 42.6 Å². The van der Waals surface area contributed by atoms with Gasteiger partial charge in [0.2, 0.25) is 16.8 Å². The van der Waals surface area contributed by atoms with Gasteiger partial charge in [0.1, 0.15) is 11.9 Å². The van der Waals surface area contributed by atoms with Crippen LogP contribution in [0.4, 0.5) is 9.18 Å². The Labute approximate surface area is 302 Å². The number of amides is 2. The van der Waals surface area contributed by atoms with E-state index in [1.807, 2.05) is 32.0 Å². The number of fused-ring (bicyclic) bond motifs is 2. The lowest BCUT2D eigenvalue weighted by molar-refractivity contribution is -0.273. The van der Waals surface area contributed by atoms with Crippen molar-refractivity contribution in [2.24, 2.45) is 11.3 Å². The molecule has 13 nitrogen and oxygen atoms in total. The summed E-state index contributed by atoms with van der Waals surface area (Å²) in [5.41, 5.74) is 0.244. The van der Waals surface area contributed by atoms with Gasteiger partial charge in [0.25, 0.3) is 5.91 Å². The Kier molecular flexibility index (Phi) is 11.4. The highest BCUT2D eigenvalue weighted by Gasteiger charge is 2.47. The van der Waals surface area contributed by atoms with Crippen LogP contribution in [0.3, 0.4) is 0 Å². The van der Waals surface area contributed by atoms with Crippen LogP contribution in [0, 0.1) is 17.2 Å². The molecular weight excluding hydrogens is 697 g/mol. The molecule has 280 valence electrons. The third-order valence-corrected chi connectivity index (χ3v) is 11.6. The average molecular weight is 741 g/mol. The Morgan fingerprint density at radius 1 is 1.04 bits per heavy atom. The van der Waals surface area contributed by atoms with E-state index in [1.165, 1.54) is 42.5 Å². The summed E-state index contributed by atoms with van der Waals surface area (Å²) in [5.74, 6) is -0.508. The number of sulfonamides is 1. The fourth-order valence-corrected chi connectivity index (χ4v) is 8.72. The number of aliphatic hydroxyl groups excluding tert-OH is 1. The number of benzene rings is 3. The van der Waals surface area contributed by atoms with E-state index in [-0.39, 0.29) is 55.0 Å². The zero-order valence-electron chi connectivity index (χ0n) is 29.0. The van der Waals surface area contributed by atoms with E-state index in [9.17, 15) is 32.6 Å². The predicted molar refractivity (Wildman–Crippen MR) is 183 cm³/mol. The van der Waals surface area contributed by atoms with Crippen LogP contribution < -0.4 is 19.9 Å². The molecule has 6 rings (SSSR count). The predicted octanol–water partition coefficient (Wildman–Crippen LogP) is 2.77. The van der Waals surface area contributed by atoms with E-state index < -0.39 is 64.3 Å². The van der Waals surface area contributed by atoms with Gasteiger partial charge in [-0.25, -0.2) is 12.8 Å².